The first-order valence-corrected chi connectivity index (χ1v) is 5.81. The number of aliphatic carboxylic acids is 1. The fraction of sp³-hybridized carbons (Fsp3) is 0.909. The lowest BCUT2D eigenvalue weighted by atomic mass is 9.90. The smallest absolute Gasteiger partial charge is 0.317 e. The minimum atomic E-state index is -0.711. The number of hydrogen-bond donors (Lipinski definition) is 1. The Bertz CT molecular complexity index is 237. The summed E-state index contributed by atoms with van der Waals surface area (Å²) in [7, 11) is 1.95. The van der Waals surface area contributed by atoms with Crippen LogP contribution in [-0.2, 0) is 4.79 Å². The van der Waals surface area contributed by atoms with Crippen molar-refractivity contribution in [2.45, 2.75) is 25.3 Å². The Morgan fingerprint density at radius 2 is 1.93 bits per heavy atom. The third kappa shape index (κ3) is 2.49. The third-order valence-electron chi connectivity index (χ3n) is 3.87. The van der Waals surface area contributed by atoms with Gasteiger partial charge in [-0.1, -0.05) is 0 Å². The van der Waals surface area contributed by atoms with Gasteiger partial charge in [0.25, 0.3) is 0 Å². The zero-order valence-electron chi connectivity index (χ0n) is 9.35. The Kier molecular flexibility index (Phi) is 3.26. The van der Waals surface area contributed by atoms with Gasteiger partial charge in [-0.05, 0) is 51.9 Å². The van der Waals surface area contributed by atoms with Crippen LogP contribution in [0.4, 0.5) is 0 Å². The van der Waals surface area contributed by atoms with Crippen molar-refractivity contribution >= 4 is 5.97 Å². The highest BCUT2D eigenvalue weighted by molar-refractivity contribution is 5.69. The van der Waals surface area contributed by atoms with Crippen LogP contribution in [0.2, 0.25) is 0 Å². The minimum absolute atomic E-state index is 0.182. The van der Waals surface area contributed by atoms with Crippen LogP contribution in [0.5, 0.6) is 0 Å². The topological polar surface area (TPSA) is 43.8 Å². The van der Waals surface area contributed by atoms with Gasteiger partial charge in [0.05, 0.1) is 6.54 Å². The summed E-state index contributed by atoms with van der Waals surface area (Å²) in [5.74, 6) is 0.00435. The molecule has 4 heteroatoms. The summed E-state index contributed by atoms with van der Waals surface area (Å²) in [5.41, 5.74) is 0. The van der Waals surface area contributed by atoms with Crippen molar-refractivity contribution in [2.75, 3.05) is 33.2 Å². The maximum Gasteiger partial charge on any atom is 0.317 e. The van der Waals surface area contributed by atoms with Gasteiger partial charge in [0.1, 0.15) is 0 Å². The van der Waals surface area contributed by atoms with Crippen LogP contribution in [-0.4, -0.2) is 60.1 Å². The zero-order valence-corrected chi connectivity index (χ0v) is 9.35. The Hall–Kier alpha value is -0.610. The second kappa shape index (κ2) is 4.49. The molecule has 1 unspecified atom stereocenters. The monoisotopic (exact) mass is 212 g/mol. The van der Waals surface area contributed by atoms with Crippen LogP contribution in [0.1, 0.15) is 19.3 Å². The third-order valence-corrected chi connectivity index (χ3v) is 3.87. The molecule has 3 fully saturated rings. The number of carboxylic acids is 1. The number of piperidine rings is 1. The number of likely N-dealkylation sites (N-methyl/N-ethyl adjacent to an activating group) is 1. The fourth-order valence-electron chi connectivity index (χ4n) is 3.02. The number of carboxylic acid groups (broad SMARTS) is 1. The minimum Gasteiger partial charge on any atom is -0.480 e. The molecule has 3 aliphatic heterocycles. The lowest BCUT2D eigenvalue weighted by Crippen LogP contribution is -2.41. The molecule has 4 nitrogen and oxygen atoms in total. The summed E-state index contributed by atoms with van der Waals surface area (Å²) in [5, 5.41) is 8.80. The molecule has 15 heavy (non-hydrogen) atoms. The molecule has 0 aliphatic carbocycles. The second-order valence-electron chi connectivity index (χ2n) is 4.84. The van der Waals surface area contributed by atoms with E-state index in [0.717, 1.165) is 13.0 Å². The Balaban J connectivity index is 1.98. The lowest BCUT2D eigenvalue weighted by molar-refractivity contribution is -0.138. The highest BCUT2D eigenvalue weighted by Crippen LogP contribution is 2.29. The van der Waals surface area contributed by atoms with E-state index in [1.807, 2.05) is 11.9 Å². The van der Waals surface area contributed by atoms with Crippen LogP contribution in [0.3, 0.4) is 0 Å². The maximum atomic E-state index is 10.7. The average Bonchev–Trinajstić information content (AvgIpc) is 2.49. The first kappa shape index (κ1) is 10.9. The van der Waals surface area contributed by atoms with Crippen LogP contribution >= 0.6 is 0 Å². The maximum absolute atomic E-state index is 10.7. The van der Waals surface area contributed by atoms with Crippen molar-refractivity contribution in [3.8, 4) is 0 Å². The van der Waals surface area contributed by atoms with E-state index in [2.05, 4.69) is 4.90 Å². The Morgan fingerprint density at radius 1 is 1.33 bits per heavy atom. The summed E-state index contributed by atoms with van der Waals surface area (Å²) >= 11 is 0. The van der Waals surface area contributed by atoms with E-state index in [-0.39, 0.29) is 6.54 Å². The van der Waals surface area contributed by atoms with Gasteiger partial charge in [-0.3, -0.25) is 9.69 Å². The second-order valence-corrected chi connectivity index (χ2v) is 4.84. The van der Waals surface area contributed by atoms with E-state index in [4.69, 9.17) is 5.11 Å². The molecule has 2 bridgehead atoms. The molecule has 3 rings (SSSR count). The van der Waals surface area contributed by atoms with Gasteiger partial charge in [-0.15, -0.1) is 0 Å². The van der Waals surface area contributed by atoms with Crippen molar-refractivity contribution in [1.29, 1.82) is 0 Å². The Labute approximate surface area is 90.9 Å². The number of rotatable bonds is 3. The molecular formula is C11H20N2O2. The number of nitrogens with zero attached hydrogens (tertiary/aromatic N) is 2. The molecule has 3 saturated heterocycles. The summed E-state index contributed by atoms with van der Waals surface area (Å²) in [4.78, 5) is 15.2. The molecule has 0 amide bonds. The van der Waals surface area contributed by atoms with Gasteiger partial charge < -0.3 is 10.0 Å². The lowest BCUT2D eigenvalue weighted by Gasteiger charge is -2.33. The largest absolute Gasteiger partial charge is 0.480 e. The highest BCUT2D eigenvalue weighted by atomic mass is 16.4. The molecule has 1 N–H and O–H groups in total. The van der Waals surface area contributed by atoms with E-state index in [1.165, 1.54) is 25.9 Å². The normalized spacial score (nSPS) is 35.5. The van der Waals surface area contributed by atoms with Crippen molar-refractivity contribution < 1.29 is 9.90 Å². The van der Waals surface area contributed by atoms with Gasteiger partial charge >= 0.3 is 5.97 Å². The van der Waals surface area contributed by atoms with E-state index in [0.29, 0.717) is 12.0 Å². The average molecular weight is 212 g/mol. The van der Waals surface area contributed by atoms with Crippen LogP contribution in [0, 0.1) is 5.92 Å². The van der Waals surface area contributed by atoms with Crippen molar-refractivity contribution in [3.63, 3.8) is 0 Å². The predicted molar refractivity (Wildman–Crippen MR) is 57.8 cm³/mol. The number of hydrogen-bond acceptors (Lipinski definition) is 3. The molecule has 86 valence electrons. The van der Waals surface area contributed by atoms with Gasteiger partial charge in [-0.25, -0.2) is 0 Å². The standard InChI is InChI=1S/C11H20N2O2/c1-12(8-11(14)15)10-4-7-13-5-2-9(10)3-6-13/h9-10H,2-8H2,1H3,(H,14,15). The molecule has 0 radical (unpaired) electrons. The SMILES string of the molecule is CN(CC(=O)O)C1CCN2CCC1CC2. The van der Waals surface area contributed by atoms with Crippen LogP contribution in [0.15, 0.2) is 0 Å². The number of fused-ring (bicyclic) bond motifs is 4. The van der Waals surface area contributed by atoms with Gasteiger partial charge in [0, 0.05) is 6.04 Å². The molecule has 3 aliphatic rings. The van der Waals surface area contributed by atoms with E-state index < -0.39 is 5.97 Å². The van der Waals surface area contributed by atoms with Crippen molar-refractivity contribution in [2.24, 2.45) is 5.92 Å². The van der Waals surface area contributed by atoms with E-state index in [9.17, 15) is 4.79 Å². The molecule has 0 aromatic rings. The van der Waals surface area contributed by atoms with E-state index >= 15 is 0 Å². The van der Waals surface area contributed by atoms with Gasteiger partial charge in [0.15, 0.2) is 0 Å². The molecule has 3 heterocycles. The number of carbonyl (C=O) groups is 1. The zero-order chi connectivity index (χ0) is 10.8. The molecular weight excluding hydrogens is 192 g/mol. The van der Waals surface area contributed by atoms with Crippen LogP contribution in [0.25, 0.3) is 0 Å². The summed E-state index contributed by atoms with van der Waals surface area (Å²) in [6, 6.07) is 0.480. The fourth-order valence-corrected chi connectivity index (χ4v) is 3.02. The molecule has 0 aromatic heterocycles. The summed E-state index contributed by atoms with van der Waals surface area (Å²) in [6.07, 6.45) is 3.62. The van der Waals surface area contributed by atoms with E-state index in [1.54, 1.807) is 0 Å². The van der Waals surface area contributed by atoms with Gasteiger partial charge in [-0.2, -0.15) is 0 Å². The molecule has 0 aromatic carbocycles. The van der Waals surface area contributed by atoms with Crippen molar-refractivity contribution in [1.82, 2.24) is 9.80 Å². The Morgan fingerprint density at radius 3 is 2.53 bits per heavy atom. The van der Waals surface area contributed by atoms with Crippen molar-refractivity contribution in [3.05, 3.63) is 0 Å². The van der Waals surface area contributed by atoms with Gasteiger partial charge in [0.2, 0.25) is 0 Å². The predicted octanol–water partition coefficient (Wildman–Crippen LogP) is 0.487. The first-order chi connectivity index (χ1) is 7.16. The highest BCUT2D eigenvalue weighted by Gasteiger charge is 2.33. The summed E-state index contributed by atoms with van der Waals surface area (Å²) < 4.78 is 0. The first-order valence-electron chi connectivity index (χ1n) is 5.81. The molecule has 1 atom stereocenters. The molecule has 0 spiro atoms. The quantitative estimate of drug-likeness (QED) is 0.739. The summed E-state index contributed by atoms with van der Waals surface area (Å²) in [6.45, 7) is 3.75. The molecule has 0 saturated carbocycles. The van der Waals surface area contributed by atoms with Crippen LogP contribution < -0.4 is 0 Å².